The molecule has 0 saturated heterocycles. The molecule has 0 N–H and O–H groups in total. The number of benzene rings is 2. The zero-order valence-corrected chi connectivity index (χ0v) is 17.1. The lowest BCUT2D eigenvalue weighted by Gasteiger charge is -2.31. The lowest BCUT2D eigenvalue weighted by Crippen LogP contribution is -2.43. The molecule has 2 aromatic rings. The lowest BCUT2D eigenvalue weighted by molar-refractivity contribution is -0.138. The first-order chi connectivity index (χ1) is 14.0. The molecule has 152 valence electrons. The number of fused-ring (bicyclic) bond motifs is 1. The number of carbonyl (C=O) groups excluding carboxylic acids is 1. The van der Waals surface area contributed by atoms with Gasteiger partial charge in [-0.15, -0.1) is 0 Å². The van der Waals surface area contributed by atoms with Crippen molar-refractivity contribution < 1.29 is 19.0 Å². The summed E-state index contributed by atoms with van der Waals surface area (Å²) in [5, 5.41) is 8.88. The zero-order chi connectivity index (χ0) is 20.8. The molecule has 0 radical (unpaired) electrons. The van der Waals surface area contributed by atoms with Crippen LogP contribution in [0.1, 0.15) is 37.5 Å². The van der Waals surface area contributed by atoms with Gasteiger partial charge in [0.15, 0.2) is 17.6 Å². The van der Waals surface area contributed by atoms with Gasteiger partial charge in [-0.25, -0.2) is 0 Å². The van der Waals surface area contributed by atoms with E-state index in [1.807, 2.05) is 30.9 Å². The van der Waals surface area contributed by atoms with Crippen molar-refractivity contribution in [3.8, 4) is 23.3 Å². The van der Waals surface area contributed by atoms with E-state index in [1.54, 1.807) is 31.2 Å². The Labute approximate surface area is 171 Å². The van der Waals surface area contributed by atoms with Gasteiger partial charge in [0.25, 0.3) is 5.91 Å². The van der Waals surface area contributed by atoms with E-state index in [9.17, 15) is 4.79 Å². The van der Waals surface area contributed by atoms with Crippen LogP contribution in [0.25, 0.3) is 0 Å². The molecule has 0 spiro atoms. The monoisotopic (exact) mass is 394 g/mol. The molecule has 0 fully saturated rings. The van der Waals surface area contributed by atoms with E-state index in [4.69, 9.17) is 19.5 Å². The summed E-state index contributed by atoms with van der Waals surface area (Å²) in [4.78, 5) is 14.7. The SMILES string of the molecule is CCOc1cc2c(cc1OCC)CN(C(=O)C(C)Oc1ccc(C#N)cc1)CC2. The van der Waals surface area contributed by atoms with Crippen molar-refractivity contribution in [2.75, 3.05) is 19.8 Å². The average molecular weight is 394 g/mol. The first kappa shape index (κ1) is 20.5. The average Bonchev–Trinajstić information content (AvgIpc) is 2.74. The van der Waals surface area contributed by atoms with Crippen LogP contribution < -0.4 is 14.2 Å². The molecule has 2 aromatic carbocycles. The topological polar surface area (TPSA) is 71.8 Å². The molecule has 1 aliphatic rings. The highest BCUT2D eigenvalue weighted by atomic mass is 16.5. The second-order valence-corrected chi connectivity index (χ2v) is 6.84. The molecule has 1 amide bonds. The number of carbonyl (C=O) groups is 1. The number of nitrogens with zero attached hydrogens (tertiary/aromatic N) is 2. The molecule has 0 aromatic heterocycles. The van der Waals surface area contributed by atoms with Crippen LogP contribution in [0.4, 0.5) is 0 Å². The third-order valence-electron chi connectivity index (χ3n) is 4.83. The predicted molar refractivity (Wildman–Crippen MR) is 109 cm³/mol. The molecule has 0 bridgehead atoms. The van der Waals surface area contributed by atoms with Gasteiger partial charge in [-0.2, -0.15) is 5.26 Å². The van der Waals surface area contributed by atoms with Gasteiger partial charge in [-0.1, -0.05) is 0 Å². The summed E-state index contributed by atoms with van der Waals surface area (Å²) in [7, 11) is 0. The Morgan fingerprint density at radius 2 is 1.72 bits per heavy atom. The molecular weight excluding hydrogens is 368 g/mol. The molecule has 0 saturated carbocycles. The summed E-state index contributed by atoms with van der Waals surface area (Å²) in [6.07, 6.45) is 0.149. The maximum Gasteiger partial charge on any atom is 0.263 e. The number of nitriles is 1. The Hall–Kier alpha value is -3.20. The molecule has 1 unspecified atom stereocenters. The predicted octanol–water partition coefficient (Wildman–Crippen LogP) is 3.71. The van der Waals surface area contributed by atoms with Crippen LogP contribution >= 0.6 is 0 Å². The van der Waals surface area contributed by atoms with Gasteiger partial charge >= 0.3 is 0 Å². The van der Waals surface area contributed by atoms with Crippen LogP contribution in [0.3, 0.4) is 0 Å². The maximum absolute atomic E-state index is 12.9. The Balaban J connectivity index is 1.70. The molecule has 29 heavy (non-hydrogen) atoms. The molecule has 1 atom stereocenters. The van der Waals surface area contributed by atoms with Crippen molar-refractivity contribution in [3.05, 3.63) is 53.1 Å². The van der Waals surface area contributed by atoms with Gasteiger partial charge in [-0.05, 0) is 74.7 Å². The quantitative estimate of drug-likeness (QED) is 0.716. The maximum atomic E-state index is 12.9. The minimum Gasteiger partial charge on any atom is -0.490 e. The molecule has 0 aliphatic carbocycles. The van der Waals surface area contributed by atoms with E-state index >= 15 is 0 Å². The third kappa shape index (κ3) is 4.80. The normalized spacial score (nSPS) is 13.8. The van der Waals surface area contributed by atoms with Crippen molar-refractivity contribution in [3.63, 3.8) is 0 Å². The van der Waals surface area contributed by atoms with E-state index in [0.717, 1.165) is 17.7 Å². The lowest BCUT2D eigenvalue weighted by atomic mass is 9.98. The van der Waals surface area contributed by atoms with Crippen LogP contribution in [0.2, 0.25) is 0 Å². The van der Waals surface area contributed by atoms with Crippen molar-refractivity contribution in [2.45, 2.75) is 39.8 Å². The van der Waals surface area contributed by atoms with Crippen LogP contribution in [0, 0.1) is 11.3 Å². The molecule has 3 rings (SSSR count). The third-order valence-corrected chi connectivity index (χ3v) is 4.83. The van der Waals surface area contributed by atoms with E-state index in [-0.39, 0.29) is 5.91 Å². The summed E-state index contributed by atoms with van der Waals surface area (Å²) >= 11 is 0. The highest BCUT2D eigenvalue weighted by Crippen LogP contribution is 2.34. The van der Waals surface area contributed by atoms with Gasteiger partial charge in [0.2, 0.25) is 0 Å². The highest BCUT2D eigenvalue weighted by Gasteiger charge is 2.27. The van der Waals surface area contributed by atoms with E-state index in [2.05, 4.69) is 6.07 Å². The first-order valence-electron chi connectivity index (χ1n) is 9.92. The minimum atomic E-state index is -0.612. The Kier molecular flexibility index (Phi) is 6.61. The van der Waals surface area contributed by atoms with Gasteiger partial charge < -0.3 is 19.1 Å². The van der Waals surface area contributed by atoms with E-state index < -0.39 is 6.10 Å². The number of amides is 1. The zero-order valence-electron chi connectivity index (χ0n) is 17.1. The van der Waals surface area contributed by atoms with Crippen molar-refractivity contribution in [2.24, 2.45) is 0 Å². The first-order valence-corrected chi connectivity index (χ1v) is 9.92. The molecule has 1 aliphatic heterocycles. The number of hydrogen-bond acceptors (Lipinski definition) is 5. The van der Waals surface area contributed by atoms with Crippen molar-refractivity contribution in [1.82, 2.24) is 4.90 Å². The summed E-state index contributed by atoms with van der Waals surface area (Å²) in [6, 6.07) is 12.8. The Morgan fingerprint density at radius 1 is 1.10 bits per heavy atom. The summed E-state index contributed by atoms with van der Waals surface area (Å²) < 4.78 is 17.2. The smallest absolute Gasteiger partial charge is 0.263 e. The number of hydrogen-bond donors (Lipinski definition) is 0. The fourth-order valence-electron chi connectivity index (χ4n) is 3.41. The molecule has 1 heterocycles. The Morgan fingerprint density at radius 3 is 2.31 bits per heavy atom. The standard InChI is InChI=1S/C23H26N2O4/c1-4-27-21-12-18-10-11-25(15-19(18)13-22(21)28-5-2)23(26)16(3)29-20-8-6-17(14-24)7-9-20/h6-9,12-13,16H,4-5,10-11,15H2,1-3H3. The summed E-state index contributed by atoms with van der Waals surface area (Å²) in [5.74, 6) is 1.98. The van der Waals surface area contributed by atoms with Gasteiger partial charge in [0.05, 0.1) is 24.8 Å². The molecular formula is C23H26N2O4. The van der Waals surface area contributed by atoms with Crippen LogP contribution in [0.15, 0.2) is 36.4 Å². The highest BCUT2D eigenvalue weighted by molar-refractivity contribution is 5.81. The van der Waals surface area contributed by atoms with Gasteiger partial charge in [-0.3, -0.25) is 4.79 Å². The van der Waals surface area contributed by atoms with Crippen molar-refractivity contribution in [1.29, 1.82) is 5.26 Å². The van der Waals surface area contributed by atoms with Crippen LogP contribution in [0.5, 0.6) is 17.2 Å². The molecule has 6 heteroatoms. The van der Waals surface area contributed by atoms with E-state index in [1.165, 1.54) is 5.56 Å². The number of ether oxygens (including phenoxy) is 3. The van der Waals surface area contributed by atoms with E-state index in [0.29, 0.717) is 43.4 Å². The largest absolute Gasteiger partial charge is 0.490 e. The fraction of sp³-hybridized carbons (Fsp3) is 0.391. The fourth-order valence-corrected chi connectivity index (χ4v) is 3.41. The van der Waals surface area contributed by atoms with Gasteiger partial charge in [0.1, 0.15) is 5.75 Å². The summed E-state index contributed by atoms with van der Waals surface area (Å²) in [6.45, 7) is 7.91. The second-order valence-electron chi connectivity index (χ2n) is 6.84. The minimum absolute atomic E-state index is 0.0631. The molecule has 6 nitrogen and oxygen atoms in total. The Bertz CT molecular complexity index is 902. The van der Waals surface area contributed by atoms with Crippen LogP contribution in [-0.2, 0) is 17.8 Å². The second kappa shape index (κ2) is 9.33. The van der Waals surface area contributed by atoms with Crippen molar-refractivity contribution >= 4 is 5.91 Å². The number of rotatable bonds is 7. The van der Waals surface area contributed by atoms with Gasteiger partial charge in [0, 0.05) is 13.1 Å². The summed E-state index contributed by atoms with van der Waals surface area (Å²) in [5.41, 5.74) is 2.81. The van der Waals surface area contributed by atoms with Crippen LogP contribution in [-0.4, -0.2) is 36.7 Å².